The topological polar surface area (TPSA) is 87.0 Å². The minimum Gasteiger partial charge on any atom is -0.508 e. The molecule has 0 unspecified atom stereocenters. The maximum Gasteiger partial charge on any atom is 0.144 e. The van der Waals surface area contributed by atoms with Crippen LogP contribution < -0.4 is 0 Å². The molecule has 0 spiro atoms. The van der Waals surface area contributed by atoms with E-state index < -0.39 is 0 Å². The van der Waals surface area contributed by atoms with Crippen molar-refractivity contribution in [3.05, 3.63) is 48.7 Å². The van der Waals surface area contributed by atoms with Crippen molar-refractivity contribution in [1.29, 1.82) is 0 Å². The summed E-state index contributed by atoms with van der Waals surface area (Å²) in [4.78, 5) is 4.66. The fourth-order valence-electron chi connectivity index (χ4n) is 2.78. The molecule has 0 aliphatic carbocycles. The largest absolute Gasteiger partial charge is 0.508 e. The van der Waals surface area contributed by atoms with E-state index in [1.807, 2.05) is 35.9 Å². The summed E-state index contributed by atoms with van der Waals surface area (Å²) in [7, 11) is 1.94. The van der Waals surface area contributed by atoms with Gasteiger partial charge in [0.05, 0.1) is 28.5 Å². The number of hydrogen-bond acceptors (Lipinski definition) is 4. The summed E-state index contributed by atoms with van der Waals surface area (Å²) in [5.74, 6) is 0.742. The van der Waals surface area contributed by atoms with E-state index in [2.05, 4.69) is 15.2 Å². The molecule has 4 rings (SSSR count). The maximum absolute atomic E-state index is 10.1. The molecule has 2 heterocycles. The maximum atomic E-state index is 10.1. The number of fused-ring (bicyclic) bond motifs is 1. The number of imidazole rings is 1. The van der Waals surface area contributed by atoms with Gasteiger partial charge in [-0.3, -0.25) is 5.10 Å². The number of phenolic OH excluding ortho intramolecular Hbond substituents is 2. The zero-order valence-corrected chi connectivity index (χ0v) is 12.4. The van der Waals surface area contributed by atoms with Gasteiger partial charge in [-0.15, -0.1) is 0 Å². The summed E-state index contributed by atoms with van der Waals surface area (Å²) in [6.07, 6.45) is 1.68. The third-order valence-electron chi connectivity index (χ3n) is 3.92. The van der Waals surface area contributed by atoms with Gasteiger partial charge < -0.3 is 14.8 Å². The van der Waals surface area contributed by atoms with Crippen molar-refractivity contribution < 1.29 is 10.2 Å². The molecule has 0 aliphatic heterocycles. The summed E-state index contributed by atoms with van der Waals surface area (Å²) in [5, 5.41) is 26.6. The van der Waals surface area contributed by atoms with Gasteiger partial charge in [0.2, 0.25) is 0 Å². The van der Waals surface area contributed by atoms with Crippen LogP contribution >= 0.6 is 0 Å². The van der Waals surface area contributed by atoms with E-state index in [1.165, 1.54) is 12.1 Å². The van der Waals surface area contributed by atoms with Crippen LogP contribution in [-0.4, -0.2) is 30.0 Å². The first kappa shape index (κ1) is 13.4. The van der Waals surface area contributed by atoms with Crippen molar-refractivity contribution in [2.24, 2.45) is 7.05 Å². The molecule has 23 heavy (non-hydrogen) atoms. The number of nitrogens with one attached hydrogen (secondary N) is 1. The van der Waals surface area contributed by atoms with Crippen molar-refractivity contribution in [1.82, 2.24) is 19.7 Å². The predicted octanol–water partition coefficient (Wildman–Crippen LogP) is 3.04. The number of benzene rings is 2. The average molecular weight is 306 g/mol. The third-order valence-corrected chi connectivity index (χ3v) is 3.92. The van der Waals surface area contributed by atoms with E-state index >= 15 is 0 Å². The first-order valence-corrected chi connectivity index (χ1v) is 7.12. The molecule has 2 aromatic carbocycles. The van der Waals surface area contributed by atoms with Crippen molar-refractivity contribution >= 4 is 11.0 Å². The molecule has 6 nitrogen and oxygen atoms in total. The molecular weight excluding hydrogens is 292 g/mol. The molecule has 0 bridgehead atoms. The Labute approximate surface area is 131 Å². The van der Waals surface area contributed by atoms with Crippen LogP contribution in [0.15, 0.2) is 48.7 Å². The van der Waals surface area contributed by atoms with Crippen molar-refractivity contribution in [2.75, 3.05) is 0 Å². The smallest absolute Gasteiger partial charge is 0.144 e. The second kappa shape index (κ2) is 4.88. The van der Waals surface area contributed by atoms with Crippen molar-refractivity contribution in [3.8, 4) is 34.1 Å². The number of H-pyrrole nitrogens is 1. The molecular formula is C17H14N4O2. The second-order valence-electron chi connectivity index (χ2n) is 5.34. The molecule has 0 atom stereocenters. The van der Waals surface area contributed by atoms with Crippen LogP contribution in [0.4, 0.5) is 0 Å². The Kier molecular flexibility index (Phi) is 2.84. The molecule has 0 aliphatic rings. The van der Waals surface area contributed by atoms with Gasteiger partial charge in [-0.2, -0.15) is 5.10 Å². The number of phenols is 2. The van der Waals surface area contributed by atoms with Crippen LogP contribution in [0.1, 0.15) is 0 Å². The summed E-state index contributed by atoms with van der Waals surface area (Å²) in [6, 6.07) is 12.3. The lowest BCUT2D eigenvalue weighted by Gasteiger charge is -2.06. The van der Waals surface area contributed by atoms with Crippen LogP contribution in [0.3, 0.4) is 0 Å². The molecule has 0 radical (unpaired) electrons. The zero-order chi connectivity index (χ0) is 16.0. The molecule has 6 heteroatoms. The van der Waals surface area contributed by atoms with Gasteiger partial charge in [0, 0.05) is 18.7 Å². The molecule has 0 saturated carbocycles. The summed E-state index contributed by atoms with van der Waals surface area (Å²) < 4.78 is 1.99. The molecule has 0 saturated heterocycles. The standard InChI is InChI=1S/C17H14N4O2/c1-21-14-5-3-2-4-13(14)19-17(21)12-9-18-20-16(12)11-7-6-10(22)8-15(11)23/h2-9,22-23H,1H3,(H,18,20). The fraction of sp³-hybridized carbons (Fsp3) is 0.0588. The van der Waals surface area contributed by atoms with Gasteiger partial charge in [-0.05, 0) is 24.3 Å². The number of aromatic amines is 1. The van der Waals surface area contributed by atoms with Crippen molar-refractivity contribution in [2.45, 2.75) is 0 Å². The van der Waals surface area contributed by atoms with Crippen LogP contribution in [0.2, 0.25) is 0 Å². The number of aromatic hydroxyl groups is 2. The lowest BCUT2D eigenvalue weighted by molar-refractivity contribution is 0.452. The van der Waals surface area contributed by atoms with Gasteiger partial charge in [-0.1, -0.05) is 12.1 Å². The predicted molar refractivity (Wildman–Crippen MR) is 87.1 cm³/mol. The highest BCUT2D eigenvalue weighted by atomic mass is 16.3. The van der Waals surface area contributed by atoms with Gasteiger partial charge in [-0.25, -0.2) is 4.98 Å². The van der Waals surface area contributed by atoms with Gasteiger partial charge >= 0.3 is 0 Å². The quantitative estimate of drug-likeness (QED) is 0.531. The van der Waals surface area contributed by atoms with Gasteiger partial charge in [0.1, 0.15) is 17.3 Å². The Hall–Kier alpha value is -3.28. The highest BCUT2D eigenvalue weighted by Gasteiger charge is 2.18. The zero-order valence-electron chi connectivity index (χ0n) is 12.4. The molecule has 4 aromatic rings. The number of aromatic nitrogens is 4. The van der Waals surface area contributed by atoms with Crippen molar-refractivity contribution in [3.63, 3.8) is 0 Å². The van der Waals surface area contributed by atoms with Crippen LogP contribution in [0.5, 0.6) is 11.5 Å². The average Bonchev–Trinajstić information content (AvgIpc) is 3.13. The number of hydrogen-bond donors (Lipinski definition) is 3. The Morgan fingerprint density at radius 2 is 1.87 bits per heavy atom. The monoisotopic (exact) mass is 306 g/mol. The number of nitrogens with zero attached hydrogens (tertiary/aromatic N) is 3. The minimum atomic E-state index is -0.0192. The summed E-state index contributed by atoms with van der Waals surface area (Å²) in [5.41, 5.74) is 3.91. The lowest BCUT2D eigenvalue weighted by Crippen LogP contribution is -1.93. The highest BCUT2D eigenvalue weighted by molar-refractivity contribution is 5.86. The fourth-order valence-corrected chi connectivity index (χ4v) is 2.78. The second-order valence-corrected chi connectivity index (χ2v) is 5.34. The van der Waals surface area contributed by atoms with Gasteiger partial charge in [0.15, 0.2) is 0 Å². The first-order chi connectivity index (χ1) is 11.1. The van der Waals surface area contributed by atoms with E-state index in [4.69, 9.17) is 0 Å². The molecule has 2 aromatic heterocycles. The third kappa shape index (κ3) is 2.03. The van der Waals surface area contributed by atoms with E-state index in [9.17, 15) is 10.2 Å². The summed E-state index contributed by atoms with van der Waals surface area (Å²) in [6.45, 7) is 0. The minimum absolute atomic E-state index is 0.00930. The number of para-hydroxylation sites is 2. The molecule has 0 fully saturated rings. The molecule has 0 amide bonds. The first-order valence-electron chi connectivity index (χ1n) is 7.12. The Morgan fingerprint density at radius 1 is 1.04 bits per heavy atom. The molecule has 3 N–H and O–H groups in total. The SMILES string of the molecule is Cn1c(-c2cn[nH]c2-c2ccc(O)cc2O)nc2ccccc21. The van der Waals surface area contributed by atoms with Crippen LogP contribution in [0.25, 0.3) is 33.7 Å². The Morgan fingerprint density at radius 3 is 2.65 bits per heavy atom. The normalized spacial score (nSPS) is 11.2. The number of rotatable bonds is 2. The van der Waals surface area contributed by atoms with Crippen LogP contribution in [-0.2, 0) is 7.05 Å². The number of aryl methyl sites for hydroxylation is 1. The molecule has 114 valence electrons. The van der Waals surface area contributed by atoms with E-state index in [0.29, 0.717) is 11.3 Å². The van der Waals surface area contributed by atoms with E-state index in [0.717, 1.165) is 22.4 Å². The van der Waals surface area contributed by atoms with E-state index in [1.54, 1.807) is 12.3 Å². The highest BCUT2D eigenvalue weighted by Crippen LogP contribution is 2.37. The Bertz CT molecular complexity index is 1020. The Balaban J connectivity index is 1.94. The van der Waals surface area contributed by atoms with E-state index in [-0.39, 0.29) is 11.5 Å². The van der Waals surface area contributed by atoms with Crippen LogP contribution in [0, 0.1) is 0 Å². The lowest BCUT2D eigenvalue weighted by atomic mass is 10.1. The van der Waals surface area contributed by atoms with Gasteiger partial charge in [0.25, 0.3) is 0 Å². The summed E-state index contributed by atoms with van der Waals surface area (Å²) >= 11 is 0.